The molecule has 0 radical (unpaired) electrons. The van der Waals surface area contributed by atoms with Crippen molar-refractivity contribution >= 4 is 5.97 Å². The Hall–Kier alpha value is -2.30. The number of imidazole rings is 1. The Morgan fingerprint density at radius 2 is 2.16 bits per heavy atom. The van der Waals surface area contributed by atoms with Crippen LogP contribution in [0.2, 0.25) is 0 Å². The number of carbonyl (C=O) groups is 1. The summed E-state index contributed by atoms with van der Waals surface area (Å²) in [6.45, 7) is 4.10. The van der Waals surface area contributed by atoms with Gasteiger partial charge < -0.3 is 14.4 Å². The zero-order chi connectivity index (χ0) is 14.0. The average Bonchev–Trinajstić information content (AvgIpc) is 2.71. The van der Waals surface area contributed by atoms with Crippen LogP contribution >= 0.6 is 0 Å². The van der Waals surface area contributed by atoms with E-state index in [0.717, 1.165) is 16.9 Å². The number of aromatic nitrogens is 2. The summed E-state index contributed by atoms with van der Waals surface area (Å²) in [6, 6.07) is 5.83. The Morgan fingerprint density at radius 1 is 1.42 bits per heavy atom. The van der Waals surface area contributed by atoms with Crippen LogP contribution in [0, 0.1) is 13.8 Å². The second kappa shape index (κ2) is 5.14. The Labute approximate surface area is 111 Å². The lowest BCUT2D eigenvalue weighted by Gasteiger charge is -2.11. The van der Waals surface area contributed by atoms with Crippen LogP contribution in [-0.2, 0) is 6.54 Å². The van der Waals surface area contributed by atoms with Crippen molar-refractivity contribution in [3.8, 4) is 5.75 Å². The number of benzene rings is 1. The van der Waals surface area contributed by atoms with Crippen molar-refractivity contribution < 1.29 is 14.6 Å². The second-order valence-electron chi connectivity index (χ2n) is 4.43. The summed E-state index contributed by atoms with van der Waals surface area (Å²) >= 11 is 0. The third kappa shape index (κ3) is 2.59. The molecule has 0 spiro atoms. The van der Waals surface area contributed by atoms with E-state index < -0.39 is 5.97 Å². The van der Waals surface area contributed by atoms with Crippen LogP contribution in [0.25, 0.3) is 0 Å². The zero-order valence-corrected chi connectivity index (χ0v) is 11.2. The Morgan fingerprint density at radius 3 is 2.79 bits per heavy atom. The normalized spacial score (nSPS) is 10.5. The maximum Gasteiger partial charge on any atom is 0.354 e. The summed E-state index contributed by atoms with van der Waals surface area (Å²) in [5.74, 6) is -0.227. The molecule has 1 heterocycles. The SMILES string of the molecule is COc1ccc(C)cc1Cn1cnc(C)c1C(=O)O. The Kier molecular flexibility index (Phi) is 3.55. The number of methoxy groups -OCH3 is 1. The highest BCUT2D eigenvalue weighted by Crippen LogP contribution is 2.21. The summed E-state index contributed by atoms with van der Waals surface area (Å²) in [6.07, 6.45) is 1.54. The van der Waals surface area contributed by atoms with Crippen molar-refractivity contribution in [2.75, 3.05) is 7.11 Å². The van der Waals surface area contributed by atoms with Crippen molar-refractivity contribution in [1.29, 1.82) is 0 Å². The topological polar surface area (TPSA) is 64.4 Å². The smallest absolute Gasteiger partial charge is 0.354 e. The molecule has 0 amide bonds. The van der Waals surface area contributed by atoms with Crippen molar-refractivity contribution in [3.63, 3.8) is 0 Å². The van der Waals surface area contributed by atoms with E-state index in [2.05, 4.69) is 4.98 Å². The van der Waals surface area contributed by atoms with E-state index in [9.17, 15) is 9.90 Å². The maximum atomic E-state index is 11.2. The monoisotopic (exact) mass is 260 g/mol. The highest BCUT2D eigenvalue weighted by atomic mass is 16.5. The molecule has 1 N–H and O–H groups in total. The van der Waals surface area contributed by atoms with Gasteiger partial charge in [0.15, 0.2) is 0 Å². The number of carboxylic acids is 1. The summed E-state index contributed by atoms with van der Waals surface area (Å²) < 4.78 is 6.92. The van der Waals surface area contributed by atoms with E-state index in [1.54, 1.807) is 24.9 Å². The van der Waals surface area contributed by atoms with Gasteiger partial charge in [0, 0.05) is 5.56 Å². The number of hydrogen-bond acceptors (Lipinski definition) is 3. The first kappa shape index (κ1) is 13.1. The highest BCUT2D eigenvalue weighted by Gasteiger charge is 2.16. The highest BCUT2D eigenvalue weighted by molar-refractivity contribution is 5.87. The van der Waals surface area contributed by atoms with Gasteiger partial charge in [-0.3, -0.25) is 0 Å². The van der Waals surface area contributed by atoms with Crippen molar-refractivity contribution in [3.05, 3.63) is 47.0 Å². The van der Waals surface area contributed by atoms with Gasteiger partial charge >= 0.3 is 5.97 Å². The molecule has 0 atom stereocenters. The quantitative estimate of drug-likeness (QED) is 0.915. The number of aromatic carboxylic acids is 1. The molecule has 0 aliphatic heterocycles. The molecule has 0 aliphatic carbocycles. The van der Waals surface area contributed by atoms with Gasteiger partial charge in [-0.05, 0) is 19.9 Å². The molecule has 2 rings (SSSR count). The Balaban J connectivity index is 2.41. The van der Waals surface area contributed by atoms with Gasteiger partial charge in [0.2, 0.25) is 0 Å². The van der Waals surface area contributed by atoms with Gasteiger partial charge in [-0.25, -0.2) is 9.78 Å². The molecule has 0 saturated heterocycles. The molecular formula is C14H16N2O3. The molecule has 0 unspecified atom stereocenters. The predicted molar refractivity (Wildman–Crippen MR) is 70.8 cm³/mol. The first-order valence-electron chi connectivity index (χ1n) is 5.91. The zero-order valence-electron chi connectivity index (χ0n) is 11.2. The summed E-state index contributed by atoms with van der Waals surface area (Å²) in [5, 5.41) is 9.20. The number of nitrogens with zero attached hydrogens (tertiary/aromatic N) is 2. The average molecular weight is 260 g/mol. The van der Waals surface area contributed by atoms with Crippen LogP contribution < -0.4 is 4.74 Å². The number of rotatable bonds is 4. The molecule has 100 valence electrons. The lowest BCUT2D eigenvalue weighted by atomic mass is 10.1. The number of aryl methyl sites for hydroxylation is 2. The lowest BCUT2D eigenvalue weighted by Crippen LogP contribution is -2.10. The van der Waals surface area contributed by atoms with Crippen LogP contribution in [-0.4, -0.2) is 27.7 Å². The van der Waals surface area contributed by atoms with Crippen LogP contribution in [0.15, 0.2) is 24.5 Å². The van der Waals surface area contributed by atoms with Crippen LogP contribution in [0.3, 0.4) is 0 Å². The van der Waals surface area contributed by atoms with E-state index in [1.807, 2.05) is 25.1 Å². The molecule has 5 heteroatoms. The second-order valence-corrected chi connectivity index (χ2v) is 4.43. The number of ether oxygens (including phenoxy) is 1. The van der Waals surface area contributed by atoms with Gasteiger partial charge in [-0.2, -0.15) is 0 Å². The molecule has 1 aromatic heterocycles. The van der Waals surface area contributed by atoms with E-state index in [1.165, 1.54) is 0 Å². The molecule has 5 nitrogen and oxygen atoms in total. The molecule has 0 bridgehead atoms. The van der Waals surface area contributed by atoms with E-state index in [4.69, 9.17) is 4.74 Å². The van der Waals surface area contributed by atoms with Crippen molar-refractivity contribution in [2.24, 2.45) is 0 Å². The maximum absolute atomic E-state index is 11.2. The van der Waals surface area contributed by atoms with Gasteiger partial charge in [-0.15, -0.1) is 0 Å². The third-order valence-electron chi connectivity index (χ3n) is 3.00. The largest absolute Gasteiger partial charge is 0.496 e. The minimum absolute atomic E-state index is 0.212. The summed E-state index contributed by atoms with van der Waals surface area (Å²) in [4.78, 5) is 15.3. The van der Waals surface area contributed by atoms with Crippen LogP contribution in [0.4, 0.5) is 0 Å². The van der Waals surface area contributed by atoms with E-state index >= 15 is 0 Å². The fourth-order valence-corrected chi connectivity index (χ4v) is 2.09. The molecular weight excluding hydrogens is 244 g/mol. The van der Waals surface area contributed by atoms with Gasteiger partial charge in [0.05, 0.1) is 25.7 Å². The van der Waals surface area contributed by atoms with Gasteiger partial charge in [-0.1, -0.05) is 17.7 Å². The minimum Gasteiger partial charge on any atom is -0.496 e. The van der Waals surface area contributed by atoms with Crippen LogP contribution in [0.1, 0.15) is 27.3 Å². The van der Waals surface area contributed by atoms with Gasteiger partial charge in [0.1, 0.15) is 11.4 Å². The molecule has 0 fully saturated rings. The van der Waals surface area contributed by atoms with Crippen molar-refractivity contribution in [2.45, 2.75) is 20.4 Å². The molecule has 2 aromatic rings. The standard InChI is InChI=1S/C14H16N2O3/c1-9-4-5-12(19-3)11(6-9)7-16-8-15-10(2)13(16)14(17)18/h4-6,8H,7H2,1-3H3,(H,17,18). The fourth-order valence-electron chi connectivity index (χ4n) is 2.09. The summed E-state index contributed by atoms with van der Waals surface area (Å²) in [5.41, 5.74) is 2.76. The van der Waals surface area contributed by atoms with Crippen LogP contribution in [0.5, 0.6) is 5.75 Å². The van der Waals surface area contributed by atoms with Gasteiger partial charge in [0.25, 0.3) is 0 Å². The summed E-state index contributed by atoms with van der Waals surface area (Å²) in [7, 11) is 1.60. The molecule has 19 heavy (non-hydrogen) atoms. The predicted octanol–water partition coefficient (Wildman–Crippen LogP) is 2.26. The fraction of sp³-hybridized carbons (Fsp3) is 0.286. The number of carboxylic acid groups (broad SMARTS) is 1. The first-order valence-corrected chi connectivity index (χ1v) is 5.91. The van der Waals surface area contributed by atoms with Crippen molar-refractivity contribution in [1.82, 2.24) is 9.55 Å². The number of hydrogen-bond donors (Lipinski definition) is 1. The Bertz CT molecular complexity index is 617. The molecule has 1 aromatic carbocycles. The van der Waals surface area contributed by atoms with E-state index in [-0.39, 0.29) is 5.69 Å². The molecule has 0 saturated carbocycles. The minimum atomic E-state index is -0.971. The first-order chi connectivity index (χ1) is 9.02. The molecule has 0 aliphatic rings. The third-order valence-corrected chi connectivity index (χ3v) is 3.00. The van der Waals surface area contributed by atoms with E-state index in [0.29, 0.717) is 12.2 Å². The lowest BCUT2D eigenvalue weighted by molar-refractivity contribution is 0.0684.